The van der Waals surface area contributed by atoms with Gasteiger partial charge in [-0.25, -0.2) is 17.2 Å². The van der Waals surface area contributed by atoms with Gasteiger partial charge in [-0.15, -0.1) is 0 Å². The largest absolute Gasteiger partial charge is 0.382 e. The van der Waals surface area contributed by atoms with Crippen LogP contribution in [0.4, 0.5) is 8.78 Å². The summed E-state index contributed by atoms with van der Waals surface area (Å²) >= 11 is 5.95. The summed E-state index contributed by atoms with van der Waals surface area (Å²) in [5.74, 6) is -4.55. The van der Waals surface area contributed by atoms with E-state index in [1.165, 1.54) is 34.6 Å². The highest BCUT2D eigenvalue weighted by atomic mass is 35.5. The summed E-state index contributed by atoms with van der Waals surface area (Å²) in [4.78, 5) is 0.152. The van der Waals surface area contributed by atoms with E-state index in [9.17, 15) is 22.3 Å². The molecule has 28 heavy (non-hydrogen) atoms. The van der Waals surface area contributed by atoms with E-state index in [1.807, 2.05) is 6.92 Å². The molecular formula is C20H22ClF2NO3S. The summed E-state index contributed by atoms with van der Waals surface area (Å²) in [6.07, 6.45) is -2.12. The third-order valence-electron chi connectivity index (χ3n) is 5.22. The third-order valence-corrected chi connectivity index (χ3v) is 7.48. The second kappa shape index (κ2) is 8.06. The molecule has 0 amide bonds. The van der Waals surface area contributed by atoms with Crippen molar-refractivity contribution in [3.63, 3.8) is 0 Å². The van der Waals surface area contributed by atoms with Crippen molar-refractivity contribution < 1.29 is 22.3 Å². The standard InChI is InChI=1S/C20H22ClF2NO3S/c1-14-6-8-16(9-7-14)28(26,27)24-12-10-15(11-13-24)20(22,23)19(25)17-4-2-3-5-18(17)21/h2-9,15,19,25H,10-13H2,1H3. The molecule has 0 bridgehead atoms. The fraction of sp³-hybridized carbons (Fsp3) is 0.400. The van der Waals surface area contributed by atoms with Gasteiger partial charge in [0.25, 0.3) is 5.92 Å². The van der Waals surface area contributed by atoms with Crippen LogP contribution < -0.4 is 0 Å². The van der Waals surface area contributed by atoms with Crippen LogP contribution in [0.3, 0.4) is 0 Å². The van der Waals surface area contributed by atoms with Crippen LogP contribution in [-0.4, -0.2) is 36.8 Å². The molecule has 1 aliphatic heterocycles. The normalized spacial score (nSPS) is 18.2. The highest BCUT2D eigenvalue weighted by Crippen LogP contribution is 2.44. The van der Waals surface area contributed by atoms with Gasteiger partial charge in [-0.05, 0) is 38.0 Å². The van der Waals surface area contributed by atoms with Crippen LogP contribution in [0.25, 0.3) is 0 Å². The maximum absolute atomic E-state index is 14.9. The molecule has 2 aromatic carbocycles. The highest BCUT2D eigenvalue weighted by molar-refractivity contribution is 7.89. The molecule has 2 aromatic rings. The van der Waals surface area contributed by atoms with E-state index in [0.29, 0.717) is 0 Å². The minimum atomic E-state index is -3.72. The quantitative estimate of drug-likeness (QED) is 0.765. The number of benzene rings is 2. The van der Waals surface area contributed by atoms with E-state index in [-0.39, 0.29) is 41.4 Å². The van der Waals surface area contributed by atoms with Crippen LogP contribution in [0.1, 0.15) is 30.1 Å². The Balaban J connectivity index is 1.72. The van der Waals surface area contributed by atoms with Crippen LogP contribution in [-0.2, 0) is 10.0 Å². The van der Waals surface area contributed by atoms with Crippen LogP contribution in [0.2, 0.25) is 5.02 Å². The smallest absolute Gasteiger partial charge is 0.280 e. The van der Waals surface area contributed by atoms with Crippen molar-refractivity contribution in [1.29, 1.82) is 0 Å². The van der Waals surface area contributed by atoms with Crippen molar-refractivity contribution in [2.75, 3.05) is 13.1 Å². The first kappa shape index (κ1) is 21.2. The number of piperidine rings is 1. The molecule has 1 heterocycles. The van der Waals surface area contributed by atoms with Crippen molar-refractivity contribution >= 4 is 21.6 Å². The first-order chi connectivity index (χ1) is 13.1. The molecule has 1 aliphatic rings. The second-order valence-corrected chi connectivity index (χ2v) is 9.44. The Hall–Kier alpha value is -1.54. The molecule has 4 nitrogen and oxygen atoms in total. The minimum absolute atomic E-state index is 0.0221. The average molecular weight is 430 g/mol. The monoisotopic (exact) mass is 429 g/mol. The van der Waals surface area contributed by atoms with Crippen molar-refractivity contribution in [3.8, 4) is 0 Å². The maximum Gasteiger partial charge on any atom is 0.280 e. The number of hydrogen-bond acceptors (Lipinski definition) is 3. The topological polar surface area (TPSA) is 57.6 Å². The number of aliphatic hydroxyl groups is 1. The second-order valence-electron chi connectivity index (χ2n) is 7.09. The van der Waals surface area contributed by atoms with E-state index in [0.717, 1.165) is 5.56 Å². The number of hydrogen-bond donors (Lipinski definition) is 1. The molecule has 1 saturated heterocycles. The number of halogens is 3. The van der Waals surface area contributed by atoms with E-state index < -0.39 is 28.0 Å². The summed E-state index contributed by atoms with van der Waals surface area (Å²) in [5, 5.41) is 10.3. The Morgan fingerprint density at radius 3 is 2.25 bits per heavy atom. The molecule has 0 radical (unpaired) electrons. The fourth-order valence-electron chi connectivity index (χ4n) is 3.47. The van der Waals surface area contributed by atoms with Gasteiger partial charge < -0.3 is 5.11 Å². The van der Waals surface area contributed by atoms with E-state index in [1.54, 1.807) is 18.2 Å². The van der Waals surface area contributed by atoms with Crippen molar-refractivity contribution in [2.24, 2.45) is 5.92 Å². The maximum atomic E-state index is 14.9. The molecule has 152 valence electrons. The lowest BCUT2D eigenvalue weighted by molar-refractivity contribution is -0.158. The van der Waals surface area contributed by atoms with Gasteiger partial charge >= 0.3 is 0 Å². The number of alkyl halides is 2. The summed E-state index contributed by atoms with van der Waals surface area (Å²) < 4.78 is 56.4. The van der Waals surface area contributed by atoms with Crippen molar-refractivity contribution in [3.05, 3.63) is 64.7 Å². The first-order valence-corrected chi connectivity index (χ1v) is 10.8. The predicted molar refractivity (Wildman–Crippen MR) is 104 cm³/mol. The Bertz CT molecular complexity index is 927. The molecular weight excluding hydrogens is 408 g/mol. The molecule has 0 aliphatic carbocycles. The Labute approximate surface area is 168 Å². The van der Waals surface area contributed by atoms with Gasteiger partial charge in [0.05, 0.1) is 4.90 Å². The number of sulfonamides is 1. The van der Waals surface area contributed by atoms with Gasteiger partial charge in [-0.2, -0.15) is 4.31 Å². The zero-order chi connectivity index (χ0) is 20.5. The number of rotatable bonds is 5. The molecule has 8 heteroatoms. The molecule has 0 spiro atoms. The summed E-state index contributed by atoms with van der Waals surface area (Å²) in [5.41, 5.74) is 0.912. The first-order valence-electron chi connectivity index (χ1n) is 9.01. The average Bonchev–Trinajstić information content (AvgIpc) is 2.68. The Morgan fingerprint density at radius 2 is 1.68 bits per heavy atom. The lowest BCUT2D eigenvalue weighted by Gasteiger charge is -2.37. The lowest BCUT2D eigenvalue weighted by Crippen LogP contribution is -2.45. The zero-order valence-electron chi connectivity index (χ0n) is 15.4. The molecule has 1 atom stereocenters. The summed E-state index contributed by atoms with van der Waals surface area (Å²) in [6.45, 7) is 1.81. The van der Waals surface area contributed by atoms with Gasteiger partial charge in [0.15, 0.2) is 0 Å². The minimum Gasteiger partial charge on any atom is -0.382 e. The molecule has 1 N–H and O–H groups in total. The molecule has 1 unspecified atom stereocenters. The number of nitrogens with zero attached hydrogens (tertiary/aromatic N) is 1. The van der Waals surface area contributed by atoms with E-state index in [4.69, 9.17) is 11.6 Å². The lowest BCUT2D eigenvalue weighted by atomic mass is 9.86. The van der Waals surface area contributed by atoms with Crippen molar-refractivity contribution in [2.45, 2.75) is 36.7 Å². The fourth-order valence-corrected chi connectivity index (χ4v) is 5.18. The van der Waals surface area contributed by atoms with E-state index in [2.05, 4.69) is 0 Å². The van der Waals surface area contributed by atoms with E-state index >= 15 is 0 Å². The molecule has 0 aromatic heterocycles. The van der Waals surface area contributed by atoms with Crippen molar-refractivity contribution in [1.82, 2.24) is 4.31 Å². The van der Waals surface area contributed by atoms with Gasteiger partial charge in [0.2, 0.25) is 10.0 Å². The third kappa shape index (κ3) is 4.08. The molecule has 0 saturated carbocycles. The SMILES string of the molecule is Cc1ccc(S(=O)(=O)N2CCC(C(F)(F)C(O)c3ccccc3Cl)CC2)cc1. The van der Waals surface area contributed by atoms with Crippen LogP contribution in [0.15, 0.2) is 53.4 Å². The predicted octanol–water partition coefficient (Wildman–Crippen LogP) is 4.42. The Kier molecular flexibility index (Phi) is 6.10. The van der Waals surface area contributed by atoms with Gasteiger partial charge in [-0.3, -0.25) is 0 Å². The molecule has 3 rings (SSSR count). The van der Waals surface area contributed by atoms with Crippen LogP contribution in [0.5, 0.6) is 0 Å². The zero-order valence-corrected chi connectivity index (χ0v) is 16.9. The summed E-state index contributed by atoms with van der Waals surface area (Å²) in [7, 11) is -3.72. The van der Waals surface area contributed by atoms with Gasteiger partial charge in [-0.1, -0.05) is 47.5 Å². The van der Waals surface area contributed by atoms with Gasteiger partial charge in [0, 0.05) is 29.6 Å². The summed E-state index contributed by atoms with van der Waals surface area (Å²) in [6, 6.07) is 12.4. The number of aryl methyl sites for hydroxylation is 1. The van der Waals surface area contributed by atoms with Crippen LogP contribution in [0, 0.1) is 12.8 Å². The Morgan fingerprint density at radius 1 is 1.11 bits per heavy atom. The highest BCUT2D eigenvalue weighted by Gasteiger charge is 2.49. The van der Waals surface area contributed by atoms with Crippen LogP contribution >= 0.6 is 11.6 Å². The van der Waals surface area contributed by atoms with Gasteiger partial charge in [0.1, 0.15) is 6.10 Å². The molecule has 1 fully saturated rings. The number of aliphatic hydroxyl groups excluding tert-OH is 1.